The molecule has 0 aliphatic carbocycles. The summed E-state index contributed by atoms with van der Waals surface area (Å²) in [6.45, 7) is 8.98. The molecule has 3 N–H and O–H groups in total. The van der Waals surface area contributed by atoms with Gasteiger partial charge in [0, 0.05) is 49.2 Å². The van der Waals surface area contributed by atoms with Gasteiger partial charge in [0.25, 0.3) is 0 Å². The molecule has 3 aliphatic heterocycles. The lowest BCUT2D eigenvalue weighted by atomic mass is 9.88. The van der Waals surface area contributed by atoms with Gasteiger partial charge in [0.2, 0.25) is 27.8 Å². The number of imide groups is 1. The molecule has 5 heterocycles. The van der Waals surface area contributed by atoms with Crippen molar-refractivity contribution in [2.45, 2.75) is 70.6 Å². The van der Waals surface area contributed by atoms with Crippen molar-refractivity contribution in [1.82, 2.24) is 25.2 Å². The lowest BCUT2D eigenvalue weighted by Crippen LogP contribution is -2.41. The van der Waals surface area contributed by atoms with Gasteiger partial charge in [-0.25, -0.2) is 27.8 Å². The lowest BCUT2D eigenvalue weighted by Gasteiger charge is -2.38. The van der Waals surface area contributed by atoms with Gasteiger partial charge in [0.15, 0.2) is 5.82 Å². The molecule has 0 bridgehead atoms. The van der Waals surface area contributed by atoms with Crippen molar-refractivity contribution in [2.24, 2.45) is 5.92 Å². The van der Waals surface area contributed by atoms with E-state index in [1.54, 1.807) is 31.3 Å². The molecule has 15 heteroatoms. The van der Waals surface area contributed by atoms with E-state index in [9.17, 15) is 18.0 Å². The van der Waals surface area contributed by atoms with E-state index in [4.69, 9.17) is 4.98 Å². The third-order valence-corrected chi connectivity index (χ3v) is 14.3. The average molecular weight is 851 g/mol. The number of sulfonamides is 1. The summed E-state index contributed by atoms with van der Waals surface area (Å²) >= 11 is 1.39. The van der Waals surface area contributed by atoms with E-state index in [0.29, 0.717) is 53.3 Å². The summed E-state index contributed by atoms with van der Waals surface area (Å²) in [5, 5.41) is 6.52. The molecular weight excluding hydrogens is 800 g/mol. The molecule has 2 amide bonds. The molecule has 0 unspecified atom stereocenters. The zero-order valence-corrected chi connectivity index (χ0v) is 35.6. The topological polar surface area (TPSA) is 150 Å². The van der Waals surface area contributed by atoms with Crippen LogP contribution in [0.2, 0.25) is 0 Å². The van der Waals surface area contributed by atoms with Gasteiger partial charge < -0.3 is 15.1 Å². The summed E-state index contributed by atoms with van der Waals surface area (Å²) in [4.78, 5) is 43.4. The van der Waals surface area contributed by atoms with Crippen molar-refractivity contribution in [3.8, 4) is 21.8 Å². The van der Waals surface area contributed by atoms with Crippen LogP contribution in [0.5, 0.6) is 0 Å². The monoisotopic (exact) mass is 850 g/mol. The number of hydrogen-bond acceptors (Lipinski definition) is 11. The third kappa shape index (κ3) is 9.69. The molecule has 0 spiro atoms. The number of halogens is 1. The van der Waals surface area contributed by atoms with Gasteiger partial charge in [-0.2, -0.15) is 0 Å². The van der Waals surface area contributed by atoms with Gasteiger partial charge in [-0.1, -0.05) is 37.3 Å². The van der Waals surface area contributed by atoms with Crippen molar-refractivity contribution in [3.63, 3.8) is 0 Å². The predicted octanol–water partition coefficient (Wildman–Crippen LogP) is 8.23. The molecule has 3 fully saturated rings. The molecule has 60 heavy (non-hydrogen) atoms. The Morgan fingerprint density at radius 3 is 2.33 bits per heavy atom. The number of nitrogens with zero attached hydrogens (tertiary/aromatic N) is 5. The van der Waals surface area contributed by atoms with Crippen LogP contribution in [0.25, 0.3) is 21.8 Å². The number of anilines is 4. The highest BCUT2D eigenvalue weighted by atomic mass is 32.2. The molecule has 8 rings (SSSR count). The van der Waals surface area contributed by atoms with Crippen LogP contribution < -0.4 is 20.3 Å². The van der Waals surface area contributed by atoms with Gasteiger partial charge in [-0.05, 0) is 124 Å². The van der Waals surface area contributed by atoms with Gasteiger partial charge >= 0.3 is 0 Å². The van der Waals surface area contributed by atoms with E-state index in [1.807, 2.05) is 19.1 Å². The Kier molecular flexibility index (Phi) is 12.6. The van der Waals surface area contributed by atoms with E-state index < -0.39 is 15.8 Å². The first-order valence-electron chi connectivity index (χ1n) is 20.9. The zero-order chi connectivity index (χ0) is 41.8. The predicted molar refractivity (Wildman–Crippen MR) is 236 cm³/mol. The van der Waals surface area contributed by atoms with Gasteiger partial charge in [-0.3, -0.25) is 19.6 Å². The van der Waals surface area contributed by atoms with Crippen LogP contribution in [0.1, 0.15) is 79.8 Å². The zero-order valence-electron chi connectivity index (χ0n) is 34.0. The normalized spacial score (nSPS) is 18.4. The Hall–Kier alpha value is -5.25. The summed E-state index contributed by atoms with van der Waals surface area (Å²) in [7, 11) is -3.68. The van der Waals surface area contributed by atoms with Gasteiger partial charge in [0.1, 0.15) is 0 Å². The Bertz CT molecular complexity index is 2430. The highest BCUT2D eigenvalue weighted by Gasteiger charge is 2.29. The van der Waals surface area contributed by atoms with Crippen molar-refractivity contribution < 1.29 is 22.4 Å². The van der Waals surface area contributed by atoms with Crippen LogP contribution in [-0.2, 0) is 19.6 Å². The van der Waals surface area contributed by atoms with Gasteiger partial charge in [-0.15, -0.1) is 11.3 Å². The summed E-state index contributed by atoms with van der Waals surface area (Å²) in [6, 6.07) is 23.2. The first-order chi connectivity index (χ1) is 29.0. The number of likely N-dealkylation sites (tertiary alicyclic amines) is 1. The second kappa shape index (κ2) is 18.2. The molecule has 314 valence electrons. The molecule has 3 saturated heterocycles. The quantitative estimate of drug-likeness (QED) is 0.0990. The largest absolute Gasteiger partial charge is 0.372 e. The number of rotatable bonds is 13. The second-order valence-electron chi connectivity index (χ2n) is 16.1. The Labute approximate surface area is 355 Å². The van der Waals surface area contributed by atoms with Crippen LogP contribution in [0, 0.1) is 18.7 Å². The second-order valence-corrected chi connectivity index (χ2v) is 19.2. The number of hydrogen-bond donors (Lipinski definition) is 3. The van der Waals surface area contributed by atoms with Gasteiger partial charge in [0.05, 0.1) is 38.6 Å². The Morgan fingerprint density at radius 2 is 1.62 bits per heavy atom. The number of benzene rings is 3. The first kappa shape index (κ1) is 41.5. The molecule has 12 nitrogen and oxygen atoms in total. The smallest absolute Gasteiger partial charge is 0.234 e. The summed E-state index contributed by atoms with van der Waals surface area (Å²) in [5.74, 6) is 0.185. The number of thiazole rings is 1. The summed E-state index contributed by atoms with van der Waals surface area (Å²) < 4.78 is 43.0. The summed E-state index contributed by atoms with van der Waals surface area (Å²) in [6.07, 6.45) is 7.62. The first-order valence-corrected chi connectivity index (χ1v) is 23.4. The molecular formula is C45H51FN8O4S2. The molecule has 2 aromatic heterocycles. The Balaban J connectivity index is 0.824. The van der Waals surface area contributed by atoms with E-state index in [2.05, 4.69) is 71.5 Å². The number of carbonyl (C=O) groups is 2. The van der Waals surface area contributed by atoms with Crippen LogP contribution >= 0.6 is 11.3 Å². The van der Waals surface area contributed by atoms with Crippen LogP contribution in [0.3, 0.4) is 0 Å². The molecule has 3 aliphatic rings. The molecule has 0 saturated carbocycles. The number of amides is 2. The number of carbonyl (C=O) groups excluding carboxylic acids is 2. The minimum atomic E-state index is -3.68. The standard InChI is InChI=1S/C45H51FN8O4S2/c1-3-27-60(57,58)52-38-6-4-5-37(41(38)46)42-43(59-29(2)48-42)39-17-22-47-45(50-39)49-34-11-7-31(8-12-34)32-20-23-53(24-21-32)28-30-18-25-54(26-19-30)35-13-9-33(10-14-35)36-15-16-40(55)51-44(36)56/h4-14,17,22,30,32,36,52H,3,15-16,18-21,23-28H2,1-2H3,(H,47,49,50)(H,51,55,56)/t36-/m1/s1. The molecule has 3 aromatic carbocycles. The minimum absolute atomic E-state index is 0.102. The minimum Gasteiger partial charge on any atom is -0.372 e. The molecule has 0 radical (unpaired) electrons. The van der Waals surface area contributed by atoms with E-state index in [0.717, 1.165) is 61.8 Å². The Morgan fingerprint density at radius 1 is 0.883 bits per heavy atom. The maximum Gasteiger partial charge on any atom is 0.234 e. The van der Waals surface area contributed by atoms with Crippen molar-refractivity contribution in [2.75, 3.05) is 53.4 Å². The average Bonchev–Trinajstić information content (AvgIpc) is 3.64. The lowest BCUT2D eigenvalue weighted by molar-refractivity contribution is -0.134. The summed E-state index contributed by atoms with van der Waals surface area (Å²) in [5.41, 5.74) is 5.42. The molecule has 1 atom stereocenters. The van der Waals surface area contributed by atoms with E-state index in [-0.39, 0.29) is 34.7 Å². The number of aryl methyl sites for hydroxylation is 1. The highest BCUT2D eigenvalue weighted by Crippen LogP contribution is 2.39. The number of nitrogens with one attached hydrogen (secondary N) is 3. The third-order valence-electron chi connectivity index (χ3n) is 11.9. The fraction of sp³-hybridized carbons (Fsp3) is 0.400. The van der Waals surface area contributed by atoms with Crippen molar-refractivity contribution >= 4 is 56.2 Å². The maximum absolute atomic E-state index is 15.8. The SMILES string of the molecule is CCCS(=O)(=O)Nc1cccc(-c2nc(C)sc2-c2ccnc(Nc3ccc(C4CCN(CC5CCN(c6ccc([C@H]7CCC(=O)NC7=O)cc6)CC5)CC4)cc3)n2)c1F. The van der Waals surface area contributed by atoms with Crippen molar-refractivity contribution in [1.29, 1.82) is 0 Å². The van der Waals surface area contributed by atoms with E-state index >= 15 is 4.39 Å². The highest BCUT2D eigenvalue weighted by molar-refractivity contribution is 7.92. The fourth-order valence-electron chi connectivity index (χ4n) is 8.69. The van der Waals surface area contributed by atoms with Crippen molar-refractivity contribution in [3.05, 3.63) is 101 Å². The van der Waals surface area contributed by atoms with E-state index in [1.165, 1.54) is 41.5 Å². The van der Waals surface area contributed by atoms with Crippen LogP contribution in [-0.4, -0.2) is 78.6 Å². The maximum atomic E-state index is 15.8. The van der Waals surface area contributed by atoms with Crippen LogP contribution in [0.4, 0.5) is 27.4 Å². The molecule has 5 aromatic rings. The number of aromatic nitrogens is 3. The number of piperidine rings is 3. The van der Waals surface area contributed by atoms with Crippen LogP contribution in [0.15, 0.2) is 79.0 Å². The fourth-order valence-corrected chi connectivity index (χ4v) is 10.7.